The van der Waals surface area contributed by atoms with Gasteiger partial charge in [-0.25, -0.2) is 0 Å². The van der Waals surface area contributed by atoms with E-state index in [4.69, 9.17) is 9.84 Å². The van der Waals surface area contributed by atoms with Crippen molar-refractivity contribution in [2.45, 2.75) is 5.92 Å². The Morgan fingerprint density at radius 2 is 2.24 bits per heavy atom. The molecular formula is C12H16ClNO3. The smallest absolute Gasteiger partial charge is 0.308 e. The monoisotopic (exact) mass is 257 g/mol. The zero-order chi connectivity index (χ0) is 11.5. The van der Waals surface area contributed by atoms with Crippen molar-refractivity contribution in [3.63, 3.8) is 0 Å². The second-order valence-electron chi connectivity index (χ2n) is 3.99. The molecule has 2 rings (SSSR count). The highest BCUT2D eigenvalue weighted by molar-refractivity contribution is 5.85. The van der Waals surface area contributed by atoms with Gasteiger partial charge in [0.1, 0.15) is 5.75 Å². The molecule has 2 unspecified atom stereocenters. The lowest BCUT2D eigenvalue weighted by Crippen LogP contribution is -2.20. The van der Waals surface area contributed by atoms with Crippen molar-refractivity contribution < 1.29 is 14.6 Å². The summed E-state index contributed by atoms with van der Waals surface area (Å²) >= 11 is 0. The summed E-state index contributed by atoms with van der Waals surface area (Å²) in [6, 6.07) is 7.62. The minimum atomic E-state index is -0.738. The summed E-state index contributed by atoms with van der Waals surface area (Å²) < 4.78 is 5.14. The lowest BCUT2D eigenvalue weighted by Gasteiger charge is -2.15. The molecule has 1 heterocycles. The minimum absolute atomic E-state index is 0. The Morgan fingerprint density at radius 3 is 2.88 bits per heavy atom. The van der Waals surface area contributed by atoms with E-state index in [-0.39, 0.29) is 24.2 Å². The van der Waals surface area contributed by atoms with Crippen LogP contribution >= 0.6 is 12.4 Å². The van der Waals surface area contributed by atoms with Crippen LogP contribution in [0.3, 0.4) is 0 Å². The Bertz CT molecular complexity index is 397. The molecule has 0 saturated carbocycles. The lowest BCUT2D eigenvalue weighted by molar-refractivity contribution is -0.141. The highest BCUT2D eigenvalue weighted by Crippen LogP contribution is 2.30. The molecule has 1 saturated heterocycles. The number of benzene rings is 1. The summed E-state index contributed by atoms with van der Waals surface area (Å²) in [5.74, 6) is -0.272. The number of nitrogens with one attached hydrogen (secondary N) is 1. The van der Waals surface area contributed by atoms with Crippen LogP contribution < -0.4 is 10.1 Å². The third kappa shape index (κ3) is 2.90. The summed E-state index contributed by atoms with van der Waals surface area (Å²) in [6.07, 6.45) is 0. The average molecular weight is 258 g/mol. The Balaban J connectivity index is 0.00000144. The molecular weight excluding hydrogens is 242 g/mol. The maximum atomic E-state index is 11.1. The SMILES string of the molecule is COc1cccc(C2CNCC2C(=O)O)c1.Cl. The number of ether oxygens (including phenoxy) is 1. The maximum Gasteiger partial charge on any atom is 0.308 e. The molecule has 0 bridgehead atoms. The first-order chi connectivity index (χ1) is 7.72. The number of carbonyl (C=O) groups is 1. The van der Waals surface area contributed by atoms with Crippen molar-refractivity contribution in [1.29, 1.82) is 0 Å². The van der Waals surface area contributed by atoms with Crippen molar-refractivity contribution in [1.82, 2.24) is 5.32 Å². The Morgan fingerprint density at radius 1 is 1.47 bits per heavy atom. The van der Waals surface area contributed by atoms with Crippen LogP contribution in [0.15, 0.2) is 24.3 Å². The predicted octanol–water partition coefficient (Wildman–Crippen LogP) is 1.50. The van der Waals surface area contributed by atoms with Crippen LogP contribution in [0, 0.1) is 5.92 Å². The van der Waals surface area contributed by atoms with Gasteiger partial charge in [0.25, 0.3) is 0 Å². The Kier molecular flexibility index (Phi) is 4.78. The van der Waals surface area contributed by atoms with Gasteiger partial charge in [-0.15, -0.1) is 12.4 Å². The normalized spacial score (nSPS) is 22.9. The van der Waals surface area contributed by atoms with Gasteiger partial charge < -0.3 is 15.2 Å². The quantitative estimate of drug-likeness (QED) is 0.862. The van der Waals surface area contributed by atoms with E-state index in [0.29, 0.717) is 13.1 Å². The van der Waals surface area contributed by atoms with Crippen LogP contribution in [0.4, 0.5) is 0 Å². The van der Waals surface area contributed by atoms with Crippen LogP contribution in [0.1, 0.15) is 11.5 Å². The molecule has 0 radical (unpaired) electrons. The molecule has 94 valence electrons. The minimum Gasteiger partial charge on any atom is -0.497 e. The van der Waals surface area contributed by atoms with E-state index >= 15 is 0 Å². The molecule has 17 heavy (non-hydrogen) atoms. The molecule has 0 spiro atoms. The van der Waals surface area contributed by atoms with Crippen molar-refractivity contribution in [2.24, 2.45) is 5.92 Å². The van der Waals surface area contributed by atoms with E-state index in [1.807, 2.05) is 24.3 Å². The van der Waals surface area contributed by atoms with Gasteiger partial charge in [0, 0.05) is 19.0 Å². The highest BCUT2D eigenvalue weighted by atomic mass is 35.5. The van der Waals surface area contributed by atoms with Gasteiger partial charge in [0.05, 0.1) is 13.0 Å². The van der Waals surface area contributed by atoms with E-state index in [1.54, 1.807) is 7.11 Å². The fourth-order valence-corrected chi connectivity index (χ4v) is 2.16. The zero-order valence-corrected chi connectivity index (χ0v) is 10.4. The Labute approximate surface area is 106 Å². The largest absolute Gasteiger partial charge is 0.497 e. The molecule has 4 nitrogen and oxygen atoms in total. The van der Waals surface area contributed by atoms with Crippen LogP contribution in [0.2, 0.25) is 0 Å². The molecule has 1 aliphatic rings. The number of methoxy groups -OCH3 is 1. The second-order valence-corrected chi connectivity index (χ2v) is 3.99. The summed E-state index contributed by atoms with van der Waals surface area (Å²) in [5, 5.41) is 12.2. The summed E-state index contributed by atoms with van der Waals surface area (Å²) in [5.41, 5.74) is 1.02. The standard InChI is InChI=1S/C12H15NO3.ClH/c1-16-9-4-2-3-8(5-9)10-6-13-7-11(10)12(14)15;/h2-5,10-11,13H,6-7H2,1H3,(H,14,15);1H. The van der Waals surface area contributed by atoms with Gasteiger partial charge in [-0.1, -0.05) is 12.1 Å². The Hall–Kier alpha value is -1.26. The van der Waals surface area contributed by atoms with Gasteiger partial charge in [0.2, 0.25) is 0 Å². The van der Waals surface area contributed by atoms with Gasteiger partial charge in [-0.2, -0.15) is 0 Å². The first-order valence-electron chi connectivity index (χ1n) is 5.30. The van der Waals surface area contributed by atoms with Crippen molar-refractivity contribution in [3.8, 4) is 5.75 Å². The van der Waals surface area contributed by atoms with E-state index in [1.165, 1.54) is 0 Å². The van der Waals surface area contributed by atoms with Crippen LogP contribution in [0.25, 0.3) is 0 Å². The molecule has 1 aliphatic heterocycles. The molecule has 1 aromatic rings. The first-order valence-corrected chi connectivity index (χ1v) is 5.30. The third-order valence-electron chi connectivity index (χ3n) is 3.05. The lowest BCUT2D eigenvalue weighted by atomic mass is 9.89. The fourth-order valence-electron chi connectivity index (χ4n) is 2.16. The molecule has 1 fully saturated rings. The fraction of sp³-hybridized carbons (Fsp3) is 0.417. The molecule has 0 aromatic heterocycles. The zero-order valence-electron chi connectivity index (χ0n) is 9.55. The average Bonchev–Trinajstić information content (AvgIpc) is 2.78. The molecule has 0 aliphatic carbocycles. The number of rotatable bonds is 3. The van der Waals surface area contributed by atoms with Crippen molar-refractivity contribution in [2.75, 3.05) is 20.2 Å². The number of hydrogen-bond acceptors (Lipinski definition) is 3. The first kappa shape index (κ1) is 13.8. The molecule has 1 aromatic carbocycles. The summed E-state index contributed by atoms with van der Waals surface area (Å²) in [6.45, 7) is 1.25. The maximum absolute atomic E-state index is 11.1. The number of carboxylic acid groups (broad SMARTS) is 1. The molecule has 2 atom stereocenters. The van der Waals surface area contributed by atoms with E-state index in [9.17, 15) is 4.79 Å². The van der Waals surface area contributed by atoms with E-state index < -0.39 is 5.97 Å². The van der Waals surface area contributed by atoms with Crippen LogP contribution in [0.5, 0.6) is 5.75 Å². The second kappa shape index (κ2) is 5.89. The number of aliphatic carboxylic acids is 1. The third-order valence-corrected chi connectivity index (χ3v) is 3.05. The van der Waals surface area contributed by atoms with Gasteiger partial charge in [-0.3, -0.25) is 4.79 Å². The molecule has 2 N–H and O–H groups in total. The van der Waals surface area contributed by atoms with Gasteiger partial charge in [-0.05, 0) is 17.7 Å². The number of halogens is 1. The van der Waals surface area contributed by atoms with Crippen molar-refractivity contribution >= 4 is 18.4 Å². The molecule has 0 amide bonds. The highest BCUT2D eigenvalue weighted by Gasteiger charge is 2.33. The number of hydrogen-bond donors (Lipinski definition) is 2. The predicted molar refractivity (Wildman–Crippen MR) is 67.0 cm³/mol. The summed E-state index contributed by atoms with van der Waals surface area (Å²) in [7, 11) is 1.61. The topological polar surface area (TPSA) is 58.6 Å². The summed E-state index contributed by atoms with van der Waals surface area (Å²) in [4.78, 5) is 11.1. The van der Waals surface area contributed by atoms with Crippen LogP contribution in [-0.2, 0) is 4.79 Å². The van der Waals surface area contributed by atoms with Crippen LogP contribution in [-0.4, -0.2) is 31.3 Å². The van der Waals surface area contributed by atoms with Crippen molar-refractivity contribution in [3.05, 3.63) is 29.8 Å². The van der Waals surface area contributed by atoms with E-state index in [0.717, 1.165) is 11.3 Å². The molecule has 5 heteroatoms. The van der Waals surface area contributed by atoms with E-state index in [2.05, 4.69) is 5.32 Å². The van der Waals surface area contributed by atoms with Gasteiger partial charge in [0.15, 0.2) is 0 Å². The number of carboxylic acids is 1. The van der Waals surface area contributed by atoms with Gasteiger partial charge >= 0.3 is 5.97 Å².